The van der Waals surface area contributed by atoms with Gasteiger partial charge in [-0.25, -0.2) is 8.42 Å². The first kappa shape index (κ1) is 18.1. The van der Waals surface area contributed by atoms with Crippen LogP contribution in [0.5, 0.6) is 0 Å². The van der Waals surface area contributed by atoms with Crippen molar-refractivity contribution >= 4 is 10.0 Å². The maximum atomic E-state index is 12.8. The topological polar surface area (TPSA) is 78.1 Å². The highest BCUT2D eigenvalue weighted by molar-refractivity contribution is 7.89. The predicted octanol–water partition coefficient (Wildman–Crippen LogP) is 2.03. The molecule has 21 heavy (non-hydrogen) atoms. The second kappa shape index (κ2) is 8.51. The van der Waals surface area contributed by atoms with Gasteiger partial charge in [-0.3, -0.25) is 5.10 Å². The maximum absolute atomic E-state index is 12.8. The van der Waals surface area contributed by atoms with Crippen LogP contribution in [-0.2, 0) is 16.6 Å². The number of H-pyrrole nitrogens is 1. The first-order chi connectivity index (χ1) is 9.98. The molecule has 0 aliphatic heterocycles. The largest absolute Gasteiger partial charge is 0.313 e. The molecule has 7 heteroatoms. The van der Waals surface area contributed by atoms with Crippen molar-refractivity contribution < 1.29 is 8.42 Å². The average Bonchev–Trinajstić information content (AvgIpc) is 2.82. The molecule has 0 radical (unpaired) electrons. The molecule has 1 rings (SSSR count). The van der Waals surface area contributed by atoms with E-state index in [2.05, 4.69) is 29.4 Å². The van der Waals surface area contributed by atoms with E-state index >= 15 is 0 Å². The molecule has 1 aromatic rings. The molecule has 0 saturated carbocycles. The van der Waals surface area contributed by atoms with E-state index in [4.69, 9.17) is 0 Å². The van der Waals surface area contributed by atoms with E-state index in [1.165, 1.54) is 4.31 Å². The molecule has 0 aromatic carbocycles. The molecule has 122 valence electrons. The van der Waals surface area contributed by atoms with E-state index in [9.17, 15) is 8.42 Å². The maximum Gasteiger partial charge on any atom is 0.262 e. The zero-order valence-electron chi connectivity index (χ0n) is 13.6. The highest BCUT2D eigenvalue weighted by atomic mass is 32.2. The number of hydrogen-bond donors (Lipinski definition) is 2. The number of hydrogen-bond acceptors (Lipinski definition) is 4. The summed E-state index contributed by atoms with van der Waals surface area (Å²) in [6.07, 6.45) is 2.84. The Kier molecular flexibility index (Phi) is 7.34. The molecule has 0 fully saturated rings. The van der Waals surface area contributed by atoms with Gasteiger partial charge in [-0.05, 0) is 26.3 Å². The van der Waals surface area contributed by atoms with Crippen molar-refractivity contribution in [3.63, 3.8) is 0 Å². The summed E-state index contributed by atoms with van der Waals surface area (Å²) in [5.74, 6) is 0. The summed E-state index contributed by atoms with van der Waals surface area (Å²) in [6, 6.07) is 0. The Morgan fingerprint density at radius 2 is 1.95 bits per heavy atom. The summed E-state index contributed by atoms with van der Waals surface area (Å²) in [4.78, 5) is 0. The summed E-state index contributed by atoms with van der Waals surface area (Å²) in [6.45, 7) is 10.3. The van der Waals surface area contributed by atoms with Gasteiger partial charge >= 0.3 is 0 Å². The Labute approximate surface area is 128 Å². The summed E-state index contributed by atoms with van der Waals surface area (Å²) in [7, 11) is -3.52. The lowest BCUT2D eigenvalue weighted by Crippen LogP contribution is -2.33. The summed E-state index contributed by atoms with van der Waals surface area (Å²) in [5.41, 5.74) is 1.56. The van der Waals surface area contributed by atoms with Crippen LogP contribution in [0.2, 0.25) is 0 Å². The third-order valence-electron chi connectivity index (χ3n) is 3.46. The number of rotatable bonds is 10. The molecule has 1 heterocycles. The number of aryl methyl sites for hydroxylation is 1. The smallest absolute Gasteiger partial charge is 0.262 e. The van der Waals surface area contributed by atoms with Crippen LogP contribution in [-0.4, -0.2) is 42.6 Å². The summed E-state index contributed by atoms with van der Waals surface area (Å²) < 4.78 is 27.0. The fraction of sp³-hybridized carbons (Fsp3) is 0.786. The Bertz CT molecular complexity index is 525. The normalized spacial score (nSPS) is 12.2. The molecule has 0 aliphatic rings. The third kappa shape index (κ3) is 4.52. The molecule has 0 bridgehead atoms. The molecule has 0 aliphatic carbocycles. The summed E-state index contributed by atoms with van der Waals surface area (Å²) >= 11 is 0. The molecule has 1 aromatic heterocycles. The molecule has 2 N–H and O–H groups in total. The standard InChI is InChI=1S/C14H28N4O2S/c1-5-8-10-18(7-3)21(19,20)14-13(11-15-9-6-2)12(4)16-17-14/h15H,5-11H2,1-4H3,(H,16,17). The van der Waals surface area contributed by atoms with Crippen LogP contribution in [0.25, 0.3) is 0 Å². The van der Waals surface area contributed by atoms with Gasteiger partial charge in [-0.1, -0.05) is 27.2 Å². The fourth-order valence-electron chi connectivity index (χ4n) is 2.15. The minimum Gasteiger partial charge on any atom is -0.313 e. The van der Waals surface area contributed by atoms with Gasteiger partial charge in [0.1, 0.15) is 0 Å². The quantitative estimate of drug-likeness (QED) is 0.647. The van der Waals surface area contributed by atoms with Gasteiger partial charge in [-0.15, -0.1) is 0 Å². The fourth-order valence-corrected chi connectivity index (χ4v) is 3.80. The number of aromatic nitrogens is 2. The Morgan fingerprint density at radius 3 is 2.52 bits per heavy atom. The van der Waals surface area contributed by atoms with Crippen molar-refractivity contribution in [3.8, 4) is 0 Å². The lowest BCUT2D eigenvalue weighted by atomic mass is 10.2. The Morgan fingerprint density at radius 1 is 1.24 bits per heavy atom. The predicted molar refractivity (Wildman–Crippen MR) is 84.7 cm³/mol. The van der Waals surface area contributed by atoms with E-state index in [-0.39, 0.29) is 5.03 Å². The van der Waals surface area contributed by atoms with Gasteiger partial charge < -0.3 is 5.32 Å². The van der Waals surface area contributed by atoms with Gasteiger partial charge in [-0.2, -0.15) is 9.40 Å². The number of nitrogens with zero attached hydrogens (tertiary/aromatic N) is 2. The molecule has 0 atom stereocenters. The zero-order chi connectivity index (χ0) is 15.9. The zero-order valence-corrected chi connectivity index (χ0v) is 14.4. The lowest BCUT2D eigenvalue weighted by molar-refractivity contribution is 0.416. The van der Waals surface area contributed by atoms with Crippen LogP contribution >= 0.6 is 0 Å². The monoisotopic (exact) mass is 316 g/mol. The molecule has 0 unspecified atom stereocenters. The van der Waals surface area contributed by atoms with E-state index in [1.54, 1.807) is 0 Å². The van der Waals surface area contributed by atoms with E-state index in [0.717, 1.165) is 37.1 Å². The minimum atomic E-state index is -3.52. The third-order valence-corrected chi connectivity index (χ3v) is 5.41. The first-order valence-corrected chi connectivity index (χ1v) is 9.17. The molecule has 0 saturated heterocycles. The number of aromatic amines is 1. The van der Waals surface area contributed by atoms with Crippen molar-refractivity contribution in [3.05, 3.63) is 11.3 Å². The SMILES string of the molecule is CCCCN(CC)S(=O)(=O)c1n[nH]c(C)c1CNCCC. The second-order valence-corrected chi connectivity index (χ2v) is 7.01. The van der Waals surface area contributed by atoms with E-state index in [1.807, 2.05) is 13.8 Å². The van der Waals surface area contributed by atoms with Gasteiger partial charge in [0.25, 0.3) is 10.0 Å². The van der Waals surface area contributed by atoms with Gasteiger partial charge in [0, 0.05) is 30.9 Å². The molecule has 6 nitrogen and oxygen atoms in total. The highest BCUT2D eigenvalue weighted by Crippen LogP contribution is 2.20. The van der Waals surface area contributed by atoms with Crippen LogP contribution in [0.15, 0.2) is 5.03 Å². The van der Waals surface area contributed by atoms with E-state index < -0.39 is 10.0 Å². The van der Waals surface area contributed by atoms with Crippen molar-refractivity contribution in [2.75, 3.05) is 19.6 Å². The van der Waals surface area contributed by atoms with Crippen molar-refractivity contribution in [2.45, 2.75) is 58.5 Å². The number of sulfonamides is 1. The van der Waals surface area contributed by atoms with Gasteiger partial charge in [0.2, 0.25) is 0 Å². The Balaban J connectivity index is 3.01. The van der Waals surface area contributed by atoms with E-state index in [0.29, 0.717) is 19.6 Å². The highest BCUT2D eigenvalue weighted by Gasteiger charge is 2.29. The lowest BCUT2D eigenvalue weighted by Gasteiger charge is -2.19. The molecule has 0 amide bonds. The molecular weight excluding hydrogens is 288 g/mol. The van der Waals surface area contributed by atoms with Crippen LogP contribution in [0.3, 0.4) is 0 Å². The van der Waals surface area contributed by atoms with Gasteiger partial charge in [0.15, 0.2) is 5.03 Å². The second-order valence-electron chi connectivity index (χ2n) is 5.16. The van der Waals surface area contributed by atoms with Crippen molar-refractivity contribution in [1.82, 2.24) is 19.8 Å². The van der Waals surface area contributed by atoms with Crippen LogP contribution < -0.4 is 5.32 Å². The first-order valence-electron chi connectivity index (χ1n) is 7.73. The number of unbranched alkanes of at least 4 members (excludes halogenated alkanes) is 1. The van der Waals surface area contributed by atoms with Crippen molar-refractivity contribution in [1.29, 1.82) is 0 Å². The summed E-state index contributed by atoms with van der Waals surface area (Å²) in [5, 5.41) is 10.3. The van der Waals surface area contributed by atoms with Crippen LogP contribution in [0.1, 0.15) is 51.3 Å². The van der Waals surface area contributed by atoms with Crippen LogP contribution in [0, 0.1) is 6.92 Å². The average molecular weight is 316 g/mol. The minimum absolute atomic E-state index is 0.168. The Hall–Kier alpha value is -0.920. The number of nitrogens with one attached hydrogen (secondary N) is 2. The molecular formula is C14H28N4O2S. The van der Waals surface area contributed by atoms with Crippen molar-refractivity contribution in [2.24, 2.45) is 0 Å². The van der Waals surface area contributed by atoms with Crippen LogP contribution in [0.4, 0.5) is 0 Å². The molecule has 0 spiro atoms. The van der Waals surface area contributed by atoms with Gasteiger partial charge in [0.05, 0.1) is 0 Å².